The van der Waals surface area contributed by atoms with Crippen LogP contribution in [-0.2, 0) is 0 Å². The van der Waals surface area contributed by atoms with E-state index in [0.717, 1.165) is 16.8 Å². The van der Waals surface area contributed by atoms with Gasteiger partial charge in [0.1, 0.15) is 6.07 Å². The third-order valence-electron chi connectivity index (χ3n) is 3.83. The Kier molecular flexibility index (Phi) is 3.69. The Bertz CT molecular complexity index is 764. The highest BCUT2D eigenvalue weighted by atomic mass is 15.4. The Morgan fingerprint density at radius 3 is 2.77 bits per heavy atom. The summed E-state index contributed by atoms with van der Waals surface area (Å²) in [4.78, 5) is 3.18. The molecule has 0 amide bonds. The van der Waals surface area contributed by atoms with Crippen LogP contribution in [0.5, 0.6) is 0 Å². The molecule has 22 heavy (non-hydrogen) atoms. The maximum absolute atomic E-state index is 9.28. The SMILES string of the molecule is N#CC1=C(N)c2cc[nH]c2C(CC=Cc2ccccc2)N1N. The van der Waals surface area contributed by atoms with E-state index in [9.17, 15) is 5.26 Å². The minimum Gasteiger partial charge on any atom is -0.396 e. The highest BCUT2D eigenvalue weighted by Gasteiger charge is 2.30. The first-order valence-corrected chi connectivity index (χ1v) is 7.05. The van der Waals surface area contributed by atoms with Crippen molar-refractivity contribution in [2.24, 2.45) is 11.6 Å². The van der Waals surface area contributed by atoms with E-state index in [0.29, 0.717) is 17.8 Å². The van der Waals surface area contributed by atoms with Crippen LogP contribution < -0.4 is 11.6 Å². The van der Waals surface area contributed by atoms with Gasteiger partial charge in [-0.2, -0.15) is 5.26 Å². The zero-order chi connectivity index (χ0) is 15.5. The highest BCUT2D eigenvalue weighted by Crippen LogP contribution is 2.35. The number of rotatable bonds is 3. The van der Waals surface area contributed by atoms with Crippen molar-refractivity contribution in [3.05, 3.63) is 71.2 Å². The standard InChI is InChI=1S/C17H17N5/c18-11-15-16(19)13-9-10-21-17(13)14(22(15)20)8-4-7-12-5-2-1-3-6-12/h1-7,9-10,14,21H,8,19-20H2. The first-order valence-electron chi connectivity index (χ1n) is 7.05. The number of nitrogens with one attached hydrogen (secondary N) is 1. The van der Waals surface area contributed by atoms with Crippen molar-refractivity contribution in [2.45, 2.75) is 12.5 Å². The lowest BCUT2D eigenvalue weighted by Crippen LogP contribution is -2.38. The molecular formula is C17H17N5. The number of H-pyrrole nitrogens is 1. The summed E-state index contributed by atoms with van der Waals surface area (Å²) in [6, 6.07) is 13.9. The van der Waals surface area contributed by atoms with Crippen molar-refractivity contribution in [2.75, 3.05) is 0 Å². The third-order valence-corrected chi connectivity index (χ3v) is 3.83. The van der Waals surface area contributed by atoms with Crippen LogP contribution in [0.25, 0.3) is 11.8 Å². The summed E-state index contributed by atoms with van der Waals surface area (Å²) in [7, 11) is 0. The molecule has 0 bridgehead atoms. The van der Waals surface area contributed by atoms with E-state index in [2.05, 4.69) is 17.1 Å². The molecule has 2 heterocycles. The van der Waals surface area contributed by atoms with Gasteiger partial charge >= 0.3 is 0 Å². The van der Waals surface area contributed by atoms with Gasteiger partial charge in [0.05, 0.1) is 11.7 Å². The monoisotopic (exact) mass is 291 g/mol. The lowest BCUT2D eigenvalue weighted by Gasteiger charge is -2.32. The Balaban J connectivity index is 1.86. The highest BCUT2D eigenvalue weighted by molar-refractivity contribution is 5.72. The number of aromatic amines is 1. The summed E-state index contributed by atoms with van der Waals surface area (Å²) < 4.78 is 0. The first kappa shape index (κ1) is 14.0. The lowest BCUT2D eigenvalue weighted by atomic mass is 9.97. The van der Waals surface area contributed by atoms with Gasteiger partial charge in [-0.1, -0.05) is 42.5 Å². The number of hydrogen-bond donors (Lipinski definition) is 3. The molecule has 1 unspecified atom stereocenters. The van der Waals surface area contributed by atoms with Gasteiger partial charge < -0.3 is 10.7 Å². The van der Waals surface area contributed by atoms with E-state index in [-0.39, 0.29) is 6.04 Å². The number of nitrogens with two attached hydrogens (primary N) is 2. The second-order valence-corrected chi connectivity index (χ2v) is 5.15. The fourth-order valence-electron chi connectivity index (χ4n) is 2.70. The van der Waals surface area contributed by atoms with Gasteiger partial charge in [0.2, 0.25) is 0 Å². The van der Waals surface area contributed by atoms with E-state index in [1.54, 1.807) is 0 Å². The summed E-state index contributed by atoms with van der Waals surface area (Å²) in [5.74, 6) is 6.10. The van der Waals surface area contributed by atoms with Crippen molar-refractivity contribution in [1.82, 2.24) is 9.99 Å². The molecule has 1 aromatic heterocycles. The van der Waals surface area contributed by atoms with E-state index in [1.807, 2.05) is 48.7 Å². The van der Waals surface area contributed by atoms with Crippen molar-refractivity contribution >= 4 is 11.8 Å². The Labute approximate surface area is 129 Å². The van der Waals surface area contributed by atoms with Gasteiger partial charge in [-0.25, -0.2) is 5.84 Å². The van der Waals surface area contributed by atoms with Crippen molar-refractivity contribution in [3.63, 3.8) is 0 Å². The smallest absolute Gasteiger partial charge is 0.154 e. The number of fused-ring (bicyclic) bond motifs is 1. The molecule has 1 aliphatic heterocycles. The van der Waals surface area contributed by atoms with E-state index < -0.39 is 0 Å². The van der Waals surface area contributed by atoms with E-state index >= 15 is 0 Å². The fourth-order valence-corrected chi connectivity index (χ4v) is 2.70. The third kappa shape index (κ3) is 2.36. The molecule has 3 rings (SSSR count). The van der Waals surface area contributed by atoms with Gasteiger partial charge in [-0.05, 0) is 18.1 Å². The number of aromatic nitrogens is 1. The molecular weight excluding hydrogens is 274 g/mol. The second-order valence-electron chi connectivity index (χ2n) is 5.15. The van der Waals surface area contributed by atoms with Gasteiger partial charge in [0.25, 0.3) is 0 Å². The number of allylic oxidation sites excluding steroid dienone is 1. The largest absolute Gasteiger partial charge is 0.396 e. The molecule has 0 saturated heterocycles. The molecule has 0 radical (unpaired) electrons. The van der Waals surface area contributed by atoms with Crippen LogP contribution in [0.4, 0.5) is 0 Å². The normalized spacial score (nSPS) is 17.6. The Morgan fingerprint density at radius 2 is 2.05 bits per heavy atom. The number of hydrazine groups is 1. The molecule has 110 valence electrons. The average Bonchev–Trinajstić information content (AvgIpc) is 3.02. The van der Waals surface area contributed by atoms with Crippen LogP contribution in [0.1, 0.15) is 29.3 Å². The van der Waals surface area contributed by atoms with Crippen molar-refractivity contribution < 1.29 is 0 Å². The number of benzene rings is 1. The average molecular weight is 291 g/mol. The predicted molar refractivity (Wildman–Crippen MR) is 86.4 cm³/mol. The number of hydrogen-bond acceptors (Lipinski definition) is 4. The minimum absolute atomic E-state index is 0.132. The quantitative estimate of drug-likeness (QED) is 0.757. The summed E-state index contributed by atoms with van der Waals surface area (Å²) >= 11 is 0. The van der Waals surface area contributed by atoms with Gasteiger partial charge in [0.15, 0.2) is 5.70 Å². The molecule has 5 N–H and O–H groups in total. The van der Waals surface area contributed by atoms with E-state index in [1.165, 1.54) is 5.01 Å². The maximum Gasteiger partial charge on any atom is 0.154 e. The van der Waals surface area contributed by atoms with Gasteiger partial charge in [0, 0.05) is 17.5 Å². The molecule has 2 aromatic rings. The van der Waals surface area contributed by atoms with Crippen LogP contribution >= 0.6 is 0 Å². The molecule has 5 heteroatoms. The van der Waals surface area contributed by atoms with Crippen LogP contribution in [-0.4, -0.2) is 9.99 Å². The van der Waals surface area contributed by atoms with Gasteiger partial charge in [-0.15, -0.1) is 0 Å². The fraction of sp³-hybridized carbons (Fsp3) is 0.118. The molecule has 1 aromatic carbocycles. The summed E-state index contributed by atoms with van der Waals surface area (Å²) in [5.41, 5.74) is 9.67. The number of nitriles is 1. The summed E-state index contributed by atoms with van der Waals surface area (Å²) in [6.45, 7) is 0. The molecule has 1 atom stereocenters. The van der Waals surface area contributed by atoms with Crippen LogP contribution in [0.2, 0.25) is 0 Å². The van der Waals surface area contributed by atoms with Crippen LogP contribution in [0.15, 0.2) is 54.4 Å². The van der Waals surface area contributed by atoms with E-state index in [4.69, 9.17) is 11.6 Å². The zero-order valence-corrected chi connectivity index (χ0v) is 12.0. The Morgan fingerprint density at radius 1 is 1.27 bits per heavy atom. The number of nitrogens with zero attached hydrogens (tertiary/aromatic N) is 2. The summed E-state index contributed by atoms with van der Waals surface area (Å²) in [6.07, 6.45) is 6.60. The first-order chi connectivity index (χ1) is 10.7. The molecule has 0 fully saturated rings. The topological polar surface area (TPSA) is 94.9 Å². The van der Waals surface area contributed by atoms with Crippen molar-refractivity contribution in [1.29, 1.82) is 5.26 Å². The minimum atomic E-state index is -0.132. The predicted octanol–water partition coefficient (Wildman–Crippen LogP) is 2.50. The molecule has 0 spiro atoms. The molecule has 1 aliphatic rings. The molecule has 0 saturated carbocycles. The molecule has 5 nitrogen and oxygen atoms in total. The van der Waals surface area contributed by atoms with Crippen LogP contribution in [0, 0.1) is 11.3 Å². The summed E-state index contributed by atoms with van der Waals surface area (Å²) in [5, 5.41) is 10.7. The zero-order valence-electron chi connectivity index (χ0n) is 12.0. The maximum atomic E-state index is 9.28. The Hall–Kier alpha value is -2.97. The van der Waals surface area contributed by atoms with Crippen molar-refractivity contribution in [3.8, 4) is 6.07 Å². The lowest BCUT2D eigenvalue weighted by molar-refractivity contribution is 0.265. The van der Waals surface area contributed by atoms with Crippen LogP contribution in [0.3, 0.4) is 0 Å². The van der Waals surface area contributed by atoms with Gasteiger partial charge in [-0.3, -0.25) is 5.01 Å². The second kappa shape index (κ2) is 5.80. The molecule has 0 aliphatic carbocycles.